The lowest BCUT2D eigenvalue weighted by molar-refractivity contribution is 0.714. The number of hydrogen-bond acceptors (Lipinski definition) is 6. The lowest BCUT2D eigenvalue weighted by Gasteiger charge is -2.10. The number of nitrogens with zero attached hydrogens (tertiary/aromatic N) is 6. The first-order valence-electron chi connectivity index (χ1n) is 9.85. The van der Waals surface area contributed by atoms with Crippen molar-refractivity contribution in [3.63, 3.8) is 0 Å². The second-order valence-electron chi connectivity index (χ2n) is 7.07. The minimum Gasteiger partial charge on any atom is -0.297 e. The van der Waals surface area contributed by atoms with Crippen LogP contribution in [0.1, 0.15) is 11.3 Å². The van der Waals surface area contributed by atoms with Crippen LogP contribution >= 0.6 is 23.4 Å². The van der Waals surface area contributed by atoms with Gasteiger partial charge in [0.05, 0.1) is 17.3 Å². The molecule has 1 aromatic carbocycles. The van der Waals surface area contributed by atoms with E-state index in [2.05, 4.69) is 36.9 Å². The summed E-state index contributed by atoms with van der Waals surface area (Å²) in [5.74, 6) is 1.22. The molecule has 0 N–H and O–H groups in total. The van der Waals surface area contributed by atoms with Crippen molar-refractivity contribution in [1.82, 2.24) is 29.1 Å². The number of hydrogen-bond donors (Lipinski definition) is 0. The largest absolute Gasteiger partial charge is 0.297 e. The van der Waals surface area contributed by atoms with Gasteiger partial charge in [0.25, 0.3) is 5.56 Å². The van der Waals surface area contributed by atoms with Gasteiger partial charge in [-0.2, -0.15) is 0 Å². The van der Waals surface area contributed by atoms with Gasteiger partial charge < -0.3 is 0 Å². The van der Waals surface area contributed by atoms with Crippen LogP contribution in [0.4, 0.5) is 0 Å². The molecule has 0 aliphatic carbocycles. The summed E-state index contributed by atoms with van der Waals surface area (Å²) in [6.45, 7) is 0.618. The first-order valence-corrected chi connectivity index (χ1v) is 11.2. The molecule has 0 fully saturated rings. The third kappa shape index (κ3) is 4.28. The van der Waals surface area contributed by atoms with E-state index in [9.17, 15) is 4.79 Å². The first kappa shape index (κ1) is 20.4. The highest BCUT2D eigenvalue weighted by Gasteiger charge is 2.16. The summed E-state index contributed by atoms with van der Waals surface area (Å²) in [4.78, 5) is 21.3. The summed E-state index contributed by atoms with van der Waals surface area (Å²) in [7, 11) is 0. The van der Waals surface area contributed by atoms with Crippen molar-refractivity contribution in [2.75, 3.05) is 0 Å². The molecule has 0 saturated carbocycles. The molecule has 0 amide bonds. The highest BCUT2D eigenvalue weighted by atomic mass is 35.5. The number of halogens is 1. The quantitative estimate of drug-likeness (QED) is 0.351. The van der Waals surface area contributed by atoms with Gasteiger partial charge >= 0.3 is 0 Å². The summed E-state index contributed by atoms with van der Waals surface area (Å²) in [6, 6.07) is 19.0. The zero-order valence-electron chi connectivity index (χ0n) is 16.8. The Labute approximate surface area is 192 Å². The molecule has 0 bridgehead atoms. The number of rotatable bonds is 6. The molecular weight excluding hydrogens is 444 g/mol. The van der Waals surface area contributed by atoms with Crippen LogP contribution in [0, 0.1) is 0 Å². The monoisotopic (exact) mass is 460 g/mol. The Morgan fingerprint density at radius 3 is 2.69 bits per heavy atom. The predicted octanol–water partition coefficient (Wildman–Crippen LogP) is 4.34. The molecule has 158 valence electrons. The number of benzene rings is 1. The molecule has 0 aliphatic heterocycles. The van der Waals surface area contributed by atoms with Gasteiger partial charge in [-0.15, -0.1) is 10.2 Å². The van der Waals surface area contributed by atoms with Crippen LogP contribution in [0.5, 0.6) is 0 Å². The normalized spacial score (nSPS) is 11.2. The number of thioether (sulfide) groups is 1. The van der Waals surface area contributed by atoms with Crippen LogP contribution in [0.25, 0.3) is 17.0 Å². The molecule has 5 rings (SSSR count). The smallest absolute Gasteiger partial charge is 0.258 e. The molecule has 0 spiro atoms. The number of fused-ring (bicyclic) bond motifs is 1. The minimum absolute atomic E-state index is 0.171. The fourth-order valence-electron chi connectivity index (χ4n) is 3.35. The van der Waals surface area contributed by atoms with Crippen LogP contribution in [0.2, 0.25) is 5.02 Å². The Bertz CT molecular complexity index is 1440. The maximum absolute atomic E-state index is 12.5. The van der Waals surface area contributed by atoms with Crippen LogP contribution in [-0.2, 0) is 12.3 Å². The molecule has 7 nitrogen and oxygen atoms in total. The Morgan fingerprint density at radius 1 is 1.00 bits per heavy atom. The zero-order valence-corrected chi connectivity index (χ0v) is 18.4. The van der Waals surface area contributed by atoms with Gasteiger partial charge in [-0.1, -0.05) is 53.7 Å². The van der Waals surface area contributed by atoms with Crippen molar-refractivity contribution < 1.29 is 0 Å². The van der Waals surface area contributed by atoms with Crippen LogP contribution in [0.15, 0.2) is 89.2 Å². The van der Waals surface area contributed by atoms with E-state index in [1.807, 2.05) is 30.3 Å². The highest BCUT2D eigenvalue weighted by Crippen LogP contribution is 2.26. The fraction of sp³-hybridized carbons (Fsp3) is 0.0870. The molecule has 0 saturated heterocycles. The SMILES string of the molecule is O=c1cc(CSc2nnc(-c3cccnc3)n2Cc2ccccc2)nc2ccc(Cl)cn12. The first-order chi connectivity index (χ1) is 15.7. The van der Waals surface area contributed by atoms with E-state index < -0.39 is 0 Å². The summed E-state index contributed by atoms with van der Waals surface area (Å²) in [6.07, 6.45) is 5.07. The molecule has 5 aromatic rings. The van der Waals surface area contributed by atoms with Crippen molar-refractivity contribution >= 4 is 29.0 Å². The van der Waals surface area contributed by atoms with Crippen molar-refractivity contribution in [2.45, 2.75) is 17.5 Å². The van der Waals surface area contributed by atoms with E-state index in [1.54, 1.807) is 30.7 Å². The molecule has 32 heavy (non-hydrogen) atoms. The third-order valence-electron chi connectivity index (χ3n) is 4.85. The van der Waals surface area contributed by atoms with Gasteiger partial charge in [0.2, 0.25) is 0 Å². The van der Waals surface area contributed by atoms with Gasteiger partial charge in [0.15, 0.2) is 11.0 Å². The number of aromatic nitrogens is 6. The highest BCUT2D eigenvalue weighted by molar-refractivity contribution is 7.98. The maximum atomic E-state index is 12.5. The molecule has 4 aromatic heterocycles. The average molecular weight is 461 g/mol. The molecule has 0 atom stereocenters. The minimum atomic E-state index is -0.171. The van der Waals surface area contributed by atoms with Gasteiger partial charge in [-0.3, -0.25) is 18.7 Å². The van der Waals surface area contributed by atoms with E-state index in [0.29, 0.717) is 28.7 Å². The Hall–Kier alpha value is -3.49. The summed E-state index contributed by atoms with van der Waals surface area (Å²) < 4.78 is 3.50. The summed E-state index contributed by atoms with van der Waals surface area (Å²) in [5.41, 5.74) is 3.08. The van der Waals surface area contributed by atoms with E-state index in [1.165, 1.54) is 22.2 Å². The lowest BCUT2D eigenvalue weighted by Crippen LogP contribution is -2.15. The molecule has 0 aliphatic rings. The van der Waals surface area contributed by atoms with Gasteiger partial charge in [-0.25, -0.2) is 4.98 Å². The van der Waals surface area contributed by atoms with Crippen LogP contribution in [0.3, 0.4) is 0 Å². The molecule has 0 unspecified atom stereocenters. The van der Waals surface area contributed by atoms with Crippen molar-refractivity contribution in [3.05, 3.63) is 106 Å². The fourth-order valence-corrected chi connectivity index (χ4v) is 4.34. The molecule has 9 heteroatoms. The maximum Gasteiger partial charge on any atom is 0.258 e. The van der Waals surface area contributed by atoms with Gasteiger partial charge in [0.1, 0.15) is 5.65 Å². The van der Waals surface area contributed by atoms with Gasteiger partial charge in [0, 0.05) is 36.0 Å². The Balaban J connectivity index is 1.47. The zero-order chi connectivity index (χ0) is 21.9. The third-order valence-corrected chi connectivity index (χ3v) is 6.07. The van der Waals surface area contributed by atoms with Crippen LogP contribution < -0.4 is 5.56 Å². The van der Waals surface area contributed by atoms with E-state index in [4.69, 9.17) is 11.6 Å². The van der Waals surface area contributed by atoms with E-state index in [0.717, 1.165) is 22.1 Å². The molecular formula is C23H17ClN6OS. The lowest BCUT2D eigenvalue weighted by atomic mass is 10.2. The van der Waals surface area contributed by atoms with E-state index >= 15 is 0 Å². The standard InChI is InChI=1S/C23H17ClN6OS/c24-18-8-9-20-26-19(11-21(31)29(20)14-18)15-32-23-28-27-22(17-7-4-10-25-12-17)30(23)13-16-5-2-1-3-6-16/h1-12,14H,13,15H2. The second kappa shape index (κ2) is 8.94. The van der Waals surface area contributed by atoms with Crippen molar-refractivity contribution in [2.24, 2.45) is 0 Å². The van der Waals surface area contributed by atoms with Crippen molar-refractivity contribution in [1.29, 1.82) is 0 Å². The summed E-state index contributed by atoms with van der Waals surface area (Å²) >= 11 is 7.48. The predicted molar refractivity (Wildman–Crippen MR) is 125 cm³/mol. The summed E-state index contributed by atoms with van der Waals surface area (Å²) in [5, 5.41) is 10.1. The van der Waals surface area contributed by atoms with E-state index in [-0.39, 0.29) is 5.56 Å². The average Bonchev–Trinajstić information content (AvgIpc) is 3.22. The second-order valence-corrected chi connectivity index (χ2v) is 8.45. The molecule has 4 heterocycles. The number of pyridine rings is 2. The van der Waals surface area contributed by atoms with Crippen LogP contribution in [-0.4, -0.2) is 29.1 Å². The topological polar surface area (TPSA) is 78.0 Å². The van der Waals surface area contributed by atoms with Gasteiger partial charge in [-0.05, 0) is 29.8 Å². The van der Waals surface area contributed by atoms with Crippen molar-refractivity contribution in [3.8, 4) is 11.4 Å². The molecule has 0 radical (unpaired) electrons. The Morgan fingerprint density at radius 2 is 1.88 bits per heavy atom. The Kier molecular flexibility index (Phi) is 5.70.